The minimum absolute atomic E-state index is 0.281. The molecule has 1 N–H and O–H groups in total. The van der Waals surface area contributed by atoms with Crippen molar-refractivity contribution in [1.29, 1.82) is 0 Å². The van der Waals surface area contributed by atoms with Crippen LogP contribution in [0, 0.1) is 12.8 Å². The maximum atomic E-state index is 13.2. The fraction of sp³-hybridized carbons (Fsp3) is 0.360. The first-order chi connectivity index (χ1) is 15.1. The molecule has 0 aromatic heterocycles. The van der Waals surface area contributed by atoms with Crippen LogP contribution in [0.25, 0.3) is 10.6 Å². The van der Waals surface area contributed by atoms with Gasteiger partial charge in [-0.25, -0.2) is 0 Å². The molecule has 1 aliphatic heterocycles. The van der Waals surface area contributed by atoms with Gasteiger partial charge in [0.2, 0.25) is 0 Å². The molecular weight excluding hydrogens is 454 g/mol. The summed E-state index contributed by atoms with van der Waals surface area (Å²) < 4.78 is 33.5. The Morgan fingerprint density at radius 2 is 1.31 bits per heavy atom. The Bertz CT molecular complexity index is 1080. The van der Waals surface area contributed by atoms with Gasteiger partial charge in [-0.15, -0.1) is 0 Å². The first kappa shape index (κ1) is 26.7. The minimum Gasteiger partial charge on any atom is -0.668 e. The normalized spacial score (nSPS) is 17.0. The summed E-state index contributed by atoms with van der Waals surface area (Å²) in [7, 11) is 3.43. The molecule has 1 heterocycles. The Morgan fingerprint density at radius 3 is 1.72 bits per heavy atom. The Morgan fingerprint density at radius 1 is 0.844 bits per heavy atom. The Labute approximate surface area is 198 Å². The van der Waals surface area contributed by atoms with E-state index in [9.17, 15) is 8.42 Å². The molecule has 0 amide bonds. The van der Waals surface area contributed by atoms with Crippen LogP contribution in [-0.4, -0.2) is 36.6 Å². The molecule has 0 spiro atoms. The number of allylic oxidation sites excluding steroid dienone is 4. The maximum Gasteiger partial charge on any atom is -0.162 e. The van der Waals surface area contributed by atoms with Gasteiger partial charge in [-0.1, -0.05) is 0 Å². The number of hydrogen-bond acceptors (Lipinski definition) is 2. The first-order valence-corrected chi connectivity index (χ1v) is 15.3. The van der Waals surface area contributed by atoms with E-state index in [0.29, 0.717) is 4.90 Å². The molecule has 0 bridgehead atoms. The SMILES string of the molecule is CC1=CC(C)[C]([Ti+2]2([NH]S(=O)(=O)c3ccc(C)cc3)[c]3cccc[c]32)=C1C.C[N-]C.C[N-]C. The van der Waals surface area contributed by atoms with Crippen LogP contribution < -0.4 is 10.9 Å². The second-order valence-corrected chi connectivity index (χ2v) is 15.8. The molecule has 5 nitrogen and oxygen atoms in total. The number of nitrogens with one attached hydrogen (secondary N) is 1. The zero-order valence-corrected chi connectivity index (χ0v) is 22.8. The van der Waals surface area contributed by atoms with E-state index in [4.69, 9.17) is 0 Å². The number of hydrogen-bond donors (Lipinski definition) is 1. The van der Waals surface area contributed by atoms with Crippen LogP contribution in [0.5, 0.6) is 0 Å². The maximum absolute atomic E-state index is 13.2. The third-order valence-corrected chi connectivity index (χ3v) is 15.9. The van der Waals surface area contributed by atoms with E-state index >= 15 is 0 Å². The van der Waals surface area contributed by atoms with Crippen molar-refractivity contribution in [1.82, 2.24) is 3.20 Å². The van der Waals surface area contributed by atoms with Crippen molar-refractivity contribution in [2.75, 3.05) is 28.2 Å². The van der Waals surface area contributed by atoms with Crippen molar-refractivity contribution in [3.8, 4) is 0 Å². The fourth-order valence-corrected chi connectivity index (χ4v) is 16.0. The summed E-state index contributed by atoms with van der Waals surface area (Å²) >= 11 is -3.21. The van der Waals surface area contributed by atoms with Crippen LogP contribution in [-0.2, 0) is 26.9 Å². The van der Waals surface area contributed by atoms with Gasteiger partial charge in [-0.2, -0.15) is 28.2 Å². The number of sulfonamides is 1. The molecule has 1 aliphatic carbocycles. The summed E-state index contributed by atoms with van der Waals surface area (Å²) in [5.74, 6) is 0.281. The minimum atomic E-state index is -3.57. The van der Waals surface area contributed by atoms with Crippen LogP contribution in [0.2, 0.25) is 0 Å². The number of rotatable bonds is 4. The molecular formula is C25H35N3O2STi. The van der Waals surface area contributed by atoms with E-state index in [2.05, 4.69) is 52.8 Å². The molecule has 2 aliphatic rings. The molecule has 32 heavy (non-hydrogen) atoms. The Hall–Kier alpha value is -1.54. The van der Waals surface area contributed by atoms with Crippen LogP contribution in [0.4, 0.5) is 0 Å². The van der Waals surface area contributed by atoms with Crippen molar-refractivity contribution in [3.05, 3.63) is 85.8 Å². The predicted octanol–water partition coefficient (Wildman–Crippen LogP) is 4.42. The predicted molar refractivity (Wildman–Crippen MR) is 133 cm³/mol. The molecule has 4 rings (SSSR count). The average Bonchev–Trinajstić information content (AvgIpc) is 3.26. The Balaban J connectivity index is 0.000000547. The number of nitrogens with zero attached hydrogens (tertiary/aromatic N) is 2. The van der Waals surface area contributed by atoms with E-state index in [1.165, 1.54) is 22.8 Å². The Kier molecular flexibility index (Phi) is 9.23. The summed E-state index contributed by atoms with van der Waals surface area (Å²) in [6.45, 7) is 8.40. The number of benzene rings is 2. The molecule has 2 aromatic carbocycles. The van der Waals surface area contributed by atoms with E-state index in [-0.39, 0.29) is 5.92 Å². The van der Waals surface area contributed by atoms with Crippen molar-refractivity contribution in [2.45, 2.75) is 32.6 Å². The van der Waals surface area contributed by atoms with Gasteiger partial charge in [0.1, 0.15) is 0 Å². The van der Waals surface area contributed by atoms with E-state index in [1.54, 1.807) is 40.3 Å². The van der Waals surface area contributed by atoms with Gasteiger partial charge in [0.15, 0.2) is 0 Å². The molecule has 0 radical (unpaired) electrons. The fourth-order valence-electron chi connectivity index (χ4n) is 4.25. The number of fused-ring (bicyclic) bond motifs is 1. The van der Waals surface area contributed by atoms with Gasteiger partial charge in [-0.3, -0.25) is 0 Å². The molecule has 172 valence electrons. The van der Waals surface area contributed by atoms with Crippen LogP contribution in [0.1, 0.15) is 26.3 Å². The molecule has 0 saturated heterocycles. The van der Waals surface area contributed by atoms with Crippen molar-refractivity contribution in [3.63, 3.8) is 0 Å². The molecule has 0 fully saturated rings. The summed E-state index contributed by atoms with van der Waals surface area (Å²) in [5, 5.41) is 7.00. The molecule has 1 atom stereocenters. The van der Waals surface area contributed by atoms with Gasteiger partial charge in [-0.05, 0) is 0 Å². The summed E-state index contributed by atoms with van der Waals surface area (Å²) in [6.07, 6.45) is 2.26. The van der Waals surface area contributed by atoms with Crippen molar-refractivity contribution < 1.29 is 25.3 Å². The third-order valence-electron chi connectivity index (χ3n) is 5.65. The van der Waals surface area contributed by atoms with Crippen LogP contribution in [0.3, 0.4) is 0 Å². The van der Waals surface area contributed by atoms with E-state index in [0.717, 1.165) is 5.56 Å². The van der Waals surface area contributed by atoms with E-state index in [1.807, 2.05) is 31.2 Å². The van der Waals surface area contributed by atoms with Gasteiger partial charge < -0.3 is 10.6 Å². The van der Waals surface area contributed by atoms with Crippen LogP contribution in [0.15, 0.2) is 74.5 Å². The zero-order valence-electron chi connectivity index (χ0n) is 20.4. The largest absolute Gasteiger partial charge is 0.668 e. The smallest absolute Gasteiger partial charge is 0.162 e. The van der Waals surface area contributed by atoms with Crippen LogP contribution >= 0.6 is 0 Å². The average molecular weight is 490 g/mol. The van der Waals surface area contributed by atoms with Gasteiger partial charge in [0, 0.05) is 0 Å². The standard InChI is InChI=1S/C8H11.C7H8NO2S.C6H4.2C2H6N.Ti/c1-6-4-7(2)8(3)5-6;1-6-2-4-7(5-3-6)11(8,9)10;1-2-4-6-5-3-1;2*1-3-2;/h4,6H,1-3H3;2-5H,1H3,(H-,8,9,10);1-4H;2*1-2H3;/q;-1;;2*-1;+3. The quantitative estimate of drug-likeness (QED) is 0.646. The molecule has 1 unspecified atom stereocenters. The van der Waals surface area contributed by atoms with Gasteiger partial charge >= 0.3 is 160 Å². The first-order valence-electron chi connectivity index (χ1n) is 10.7. The molecule has 7 heteroatoms. The monoisotopic (exact) mass is 489 g/mol. The zero-order chi connectivity index (χ0) is 24.1. The molecule has 2 aromatic rings. The van der Waals surface area contributed by atoms with Gasteiger partial charge in [0.05, 0.1) is 0 Å². The molecule has 0 saturated carbocycles. The summed E-state index contributed by atoms with van der Waals surface area (Å²) in [4.78, 5) is 0.347. The number of aryl methyl sites for hydroxylation is 1. The third kappa shape index (κ3) is 5.33. The topological polar surface area (TPSA) is 74.4 Å². The van der Waals surface area contributed by atoms with Crippen molar-refractivity contribution in [2.24, 2.45) is 5.92 Å². The summed E-state index contributed by atoms with van der Waals surface area (Å²) in [6, 6.07) is 15.3. The summed E-state index contributed by atoms with van der Waals surface area (Å²) in [5.41, 5.74) is 3.59. The second-order valence-electron chi connectivity index (χ2n) is 8.29. The second kappa shape index (κ2) is 11.1. The van der Waals surface area contributed by atoms with E-state index < -0.39 is 26.9 Å². The van der Waals surface area contributed by atoms with Gasteiger partial charge in [0.25, 0.3) is 0 Å². The van der Waals surface area contributed by atoms with Crippen molar-refractivity contribution >= 4 is 17.8 Å².